The molecule has 5 nitrogen and oxygen atoms in total. The number of alkyl halides is 1. The first-order chi connectivity index (χ1) is 8.46. The molecule has 0 fully saturated rings. The van der Waals surface area contributed by atoms with E-state index < -0.39 is 18.2 Å². The van der Waals surface area contributed by atoms with E-state index in [-0.39, 0.29) is 6.42 Å². The summed E-state index contributed by atoms with van der Waals surface area (Å²) in [5.41, 5.74) is 4.98. The van der Waals surface area contributed by atoms with E-state index in [4.69, 9.17) is 5.73 Å². The molecule has 0 aromatic carbocycles. The van der Waals surface area contributed by atoms with E-state index >= 15 is 0 Å². The normalized spacial score (nSPS) is 16.1. The maximum Gasteiger partial charge on any atom is 0.329 e. The topological polar surface area (TPSA) is 81.0 Å². The Labute approximate surface area is 106 Å². The number of H-pyrrole nitrogens is 1. The maximum absolute atomic E-state index is 12.9. The molecule has 1 rings (SSSR count). The zero-order chi connectivity index (χ0) is 13.8. The first kappa shape index (κ1) is 14.6. The fraction of sp³-hybridized carbons (Fsp3) is 0.667. The van der Waals surface area contributed by atoms with Gasteiger partial charge in [0.25, 0.3) is 0 Å². The molecular formula is C12H20FN3O2. The molecule has 0 bridgehead atoms. The summed E-state index contributed by atoms with van der Waals surface area (Å²) in [5.74, 6) is 0.0595. The lowest BCUT2D eigenvalue weighted by Crippen LogP contribution is -2.53. The number of aromatic nitrogens is 2. The minimum absolute atomic E-state index is 0.00733. The number of methoxy groups -OCH3 is 1. The lowest BCUT2D eigenvalue weighted by atomic mass is 9.98. The van der Waals surface area contributed by atoms with Crippen molar-refractivity contribution >= 4 is 5.97 Å². The number of nitrogens with zero attached hydrogens (tertiary/aromatic N) is 1. The Balaban J connectivity index is 2.83. The molecule has 1 heterocycles. The van der Waals surface area contributed by atoms with Gasteiger partial charge in [-0.05, 0) is 12.3 Å². The Kier molecular flexibility index (Phi) is 4.84. The second-order valence-corrected chi connectivity index (χ2v) is 4.55. The third-order valence-corrected chi connectivity index (χ3v) is 3.10. The number of carbonyl (C=O) groups is 1. The van der Waals surface area contributed by atoms with Gasteiger partial charge in [-0.2, -0.15) is 0 Å². The molecule has 0 amide bonds. The van der Waals surface area contributed by atoms with Crippen LogP contribution < -0.4 is 5.73 Å². The van der Waals surface area contributed by atoms with Crippen LogP contribution in [-0.2, 0) is 16.0 Å². The highest BCUT2D eigenvalue weighted by Gasteiger charge is 2.36. The van der Waals surface area contributed by atoms with Crippen LogP contribution in [0.2, 0.25) is 0 Å². The van der Waals surface area contributed by atoms with E-state index in [1.165, 1.54) is 7.11 Å². The second kappa shape index (κ2) is 5.95. The Bertz CT molecular complexity index is 408. The maximum atomic E-state index is 12.9. The summed E-state index contributed by atoms with van der Waals surface area (Å²) in [4.78, 5) is 18.6. The summed E-state index contributed by atoms with van der Waals surface area (Å²) in [7, 11) is 1.19. The summed E-state index contributed by atoms with van der Waals surface area (Å²) in [6.45, 7) is 3.13. The molecule has 0 aliphatic rings. The van der Waals surface area contributed by atoms with E-state index in [1.807, 2.05) is 0 Å². The van der Waals surface area contributed by atoms with Gasteiger partial charge in [-0.3, -0.25) is 0 Å². The monoisotopic (exact) mass is 257 g/mol. The summed E-state index contributed by atoms with van der Waals surface area (Å²) >= 11 is 0. The molecular weight excluding hydrogens is 237 g/mol. The van der Waals surface area contributed by atoms with E-state index in [9.17, 15) is 9.18 Å². The molecule has 0 radical (unpaired) electrons. The lowest BCUT2D eigenvalue weighted by molar-refractivity contribution is -0.147. The summed E-state index contributed by atoms with van der Waals surface area (Å²) in [6, 6.07) is 0. The zero-order valence-electron chi connectivity index (χ0n) is 11.0. The Hall–Kier alpha value is -1.43. The Morgan fingerprint density at radius 2 is 2.39 bits per heavy atom. The van der Waals surface area contributed by atoms with Gasteiger partial charge in [-0.1, -0.05) is 13.8 Å². The fourth-order valence-electron chi connectivity index (χ4n) is 1.61. The van der Waals surface area contributed by atoms with Crippen molar-refractivity contribution in [1.82, 2.24) is 9.97 Å². The van der Waals surface area contributed by atoms with Crippen molar-refractivity contribution in [3.8, 4) is 0 Å². The van der Waals surface area contributed by atoms with E-state index in [0.717, 1.165) is 12.1 Å². The highest BCUT2D eigenvalue weighted by molar-refractivity contribution is 5.80. The number of nitrogens with one attached hydrogen (secondary N) is 1. The van der Waals surface area contributed by atoms with Crippen LogP contribution >= 0.6 is 0 Å². The minimum Gasteiger partial charge on any atom is -0.468 e. The third-order valence-electron chi connectivity index (χ3n) is 3.10. The third kappa shape index (κ3) is 3.07. The predicted molar refractivity (Wildman–Crippen MR) is 65.9 cm³/mol. The average molecular weight is 257 g/mol. The molecule has 1 aromatic heterocycles. The van der Waals surface area contributed by atoms with Gasteiger partial charge in [0.15, 0.2) is 0 Å². The van der Waals surface area contributed by atoms with Crippen molar-refractivity contribution in [1.29, 1.82) is 0 Å². The Morgan fingerprint density at radius 3 is 2.89 bits per heavy atom. The number of hydrogen-bond donors (Lipinski definition) is 2. The predicted octanol–water partition coefficient (Wildman–Crippen LogP) is 1.31. The van der Waals surface area contributed by atoms with Gasteiger partial charge >= 0.3 is 5.97 Å². The van der Waals surface area contributed by atoms with Crippen molar-refractivity contribution in [3.63, 3.8) is 0 Å². The highest BCUT2D eigenvalue weighted by Crippen LogP contribution is 2.18. The number of nitrogens with two attached hydrogens (primary N) is 1. The molecule has 0 spiro atoms. The average Bonchev–Trinajstić information content (AvgIpc) is 2.84. The van der Waals surface area contributed by atoms with Gasteiger partial charge in [-0.15, -0.1) is 0 Å². The molecule has 0 saturated carbocycles. The van der Waals surface area contributed by atoms with Crippen LogP contribution in [0.1, 0.15) is 37.7 Å². The highest BCUT2D eigenvalue weighted by atomic mass is 19.1. The number of carbonyl (C=O) groups excluding carboxylic acids is 1. The van der Waals surface area contributed by atoms with Crippen LogP contribution in [0.4, 0.5) is 4.39 Å². The SMILES string of the molecule is CCC(C)c1cnc(CC(N)(CF)C(=O)OC)[nH]1. The van der Waals surface area contributed by atoms with Crippen LogP contribution in [0.5, 0.6) is 0 Å². The van der Waals surface area contributed by atoms with Crippen LogP contribution in [0.3, 0.4) is 0 Å². The quantitative estimate of drug-likeness (QED) is 0.753. The zero-order valence-corrected chi connectivity index (χ0v) is 11.0. The first-order valence-corrected chi connectivity index (χ1v) is 5.93. The minimum atomic E-state index is -1.67. The van der Waals surface area contributed by atoms with Gasteiger partial charge in [0, 0.05) is 18.3 Å². The largest absolute Gasteiger partial charge is 0.468 e. The summed E-state index contributed by atoms with van der Waals surface area (Å²) < 4.78 is 17.4. The standard InChI is InChI=1S/C12H20FN3O2/c1-4-8(2)9-6-15-10(16-9)5-12(14,7-13)11(17)18-3/h6,8H,4-5,7,14H2,1-3H3,(H,15,16). The molecule has 2 unspecified atom stereocenters. The van der Waals surface area contributed by atoms with E-state index in [1.54, 1.807) is 6.20 Å². The van der Waals surface area contributed by atoms with Gasteiger partial charge < -0.3 is 15.5 Å². The number of imidazole rings is 1. The number of hydrogen-bond acceptors (Lipinski definition) is 4. The van der Waals surface area contributed by atoms with Gasteiger partial charge in [0.1, 0.15) is 18.0 Å². The van der Waals surface area contributed by atoms with E-state index in [2.05, 4.69) is 28.6 Å². The summed E-state index contributed by atoms with van der Waals surface area (Å²) in [5, 5.41) is 0. The molecule has 102 valence electrons. The Morgan fingerprint density at radius 1 is 1.72 bits per heavy atom. The van der Waals surface area contributed by atoms with Crippen LogP contribution in [-0.4, -0.2) is 35.3 Å². The molecule has 1 aromatic rings. The second-order valence-electron chi connectivity index (χ2n) is 4.55. The van der Waals surface area contributed by atoms with Gasteiger partial charge in [-0.25, -0.2) is 14.2 Å². The van der Waals surface area contributed by atoms with Crippen molar-refractivity contribution in [3.05, 3.63) is 17.7 Å². The number of esters is 1. The number of halogens is 1. The van der Waals surface area contributed by atoms with Crippen molar-refractivity contribution in [2.75, 3.05) is 13.8 Å². The number of ether oxygens (including phenoxy) is 1. The van der Waals surface area contributed by atoms with Crippen LogP contribution in [0.25, 0.3) is 0 Å². The smallest absolute Gasteiger partial charge is 0.329 e. The number of aromatic amines is 1. The molecule has 0 aliphatic carbocycles. The molecule has 0 saturated heterocycles. The molecule has 2 atom stereocenters. The molecule has 0 aliphatic heterocycles. The van der Waals surface area contributed by atoms with E-state index in [0.29, 0.717) is 11.7 Å². The first-order valence-electron chi connectivity index (χ1n) is 5.93. The van der Waals surface area contributed by atoms with Crippen LogP contribution in [0.15, 0.2) is 6.20 Å². The number of rotatable bonds is 6. The fourth-order valence-corrected chi connectivity index (χ4v) is 1.61. The molecule has 3 N–H and O–H groups in total. The lowest BCUT2D eigenvalue weighted by Gasteiger charge is -2.21. The van der Waals surface area contributed by atoms with Gasteiger partial charge in [0.05, 0.1) is 7.11 Å². The molecule has 18 heavy (non-hydrogen) atoms. The van der Waals surface area contributed by atoms with Gasteiger partial charge in [0.2, 0.25) is 0 Å². The summed E-state index contributed by atoms with van der Waals surface area (Å²) in [6.07, 6.45) is 2.65. The van der Waals surface area contributed by atoms with Crippen molar-refractivity contribution in [2.24, 2.45) is 5.73 Å². The van der Waals surface area contributed by atoms with Crippen molar-refractivity contribution in [2.45, 2.75) is 38.1 Å². The molecule has 6 heteroatoms. The van der Waals surface area contributed by atoms with Crippen LogP contribution in [0, 0.1) is 0 Å². The van der Waals surface area contributed by atoms with Crippen molar-refractivity contribution < 1.29 is 13.9 Å².